The fourth-order valence-electron chi connectivity index (χ4n) is 3.00. The zero-order valence-corrected chi connectivity index (χ0v) is 13.7. The molecule has 0 radical (unpaired) electrons. The van der Waals surface area contributed by atoms with Crippen LogP contribution in [0.25, 0.3) is 22.4 Å². The molecular weight excluding hydrogens is 310 g/mol. The first kappa shape index (κ1) is 15.3. The Kier molecular flexibility index (Phi) is 4.09. The smallest absolute Gasteiger partial charge is 0.282 e. The number of aromatic nitrogens is 3. The lowest BCUT2D eigenvalue weighted by molar-refractivity contribution is 0.702. The minimum absolute atomic E-state index is 0.238. The van der Waals surface area contributed by atoms with Crippen molar-refractivity contribution in [2.75, 3.05) is 0 Å². The van der Waals surface area contributed by atoms with Crippen LogP contribution in [0.1, 0.15) is 5.56 Å². The van der Waals surface area contributed by atoms with E-state index in [-0.39, 0.29) is 5.56 Å². The lowest BCUT2D eigenvalue weighted by Crippen LogP contribution is -2.18. The van der Waals surface area contributed by atoms with E-state index in [1.165, 1.54) is 5.56 Å². The molecule has 0 aliphatic rings. The van der Waals surface area contributed by atoms with Crippen molar-refractivity contribution >= 4 is 11.0 Å². The molecule has 0 saturated carbocycles. The molecule has 4 heteroatoms. The summed E-state index contributed by atoms with van der Waals surface area (Å²) in [7, 11) is 0. The van der Waals surface area contributed by atoms with Gasteiger partial charge in [0.25, 0.3) is 5.56 Å². The van der Waals surface area contributed by atoms with Gasteiger partial charge in [0.15, 0.2) is 0 Å². The second-order valence-corrected chi connectivity index (χ2v) is 5.87. The molecule has 122 valence electrons. The summed E-state index contributed by atoms with van der Waals surface area (Å²) in [6.07, 6.45) is 2.56. The van der Waals surface area contributed by atoms with Gasteiger partial charge in [0.1, 0.15) is 11.5 Å². The molecule has 0 aliphatic carbocycles. The first-order valence-corrected chi connectivity index (χ1v) is 8.28. The van der Waals surface area contributed by atoms with Crippen LogP contribution in [0.3, 0.4) is 0 Å². The average Bonchev–Trinajstić information content (AvgIpc) is 2.69. The van der Waals surface area contributed by atoms with Crippen LogP contribution >= 0.6 is 0 Å². The predicted molar refractivity (Wildman–Crippen MR) is 99.4 cm³/mol. The van der Waals surface area contributed by atoms with Gasteiger partial charge in [-0.05, 0) is 24.1 Å². The number of pyridine rings is 1. The highest BCUT2D eigenvalue weighted by molar-refractivity contribution is 5.76. The van der Waals surface area contributed by atoms with Crippen LogP contribution in [-0.2, 0) is 13.0 Å². The molecule has 0 fully saturated rings. The van der Waals surface area contributed by atoms with E-state index in [0.29, 0.717) is 23.4 Å². The number of hydrogen-bond acceptors (Lipinski definition) is 3. The van der Waals surface area contributed by atoms with Crippen LogP contribution in [0.15, 0.2) is 83.8 Å². The lowest BCUT2D eigenvalue weighted by atomic mass is 10.1. The molecule has 4 rings (SSSR count). The van der Waals surface area contributed by atoms with Crippen molar-refractivity contribution in [3.63, 3.8) is 0 Å². The minimum Gasteiger partial charge on any atom is -0.309 e. The van der Waals surface area contributed by atoms with Crippen LogP contribution in [0.2, 0.25) is 0 Å². The second-order valence-electron chi connectivity index (χ2n) is 5.87. The van der Waals surface area contributed by atoms with Gasteiger partial charge in [-0.3, -0.25) is 4.79 Å². The Labute approximate surface area is 145 Å². The molecule has 0 amide bonds. The van der Waals surface area contributed by atoms with Crippen molar-refractivity contribution in [1.29, 1.82) is 0 Å². The topological polar surface area (TPSA) is 47.8 Å². The molecule has 4 aromatic rings. The van der Waals surface area contributed by atoms with Crippen molar-refractivity contribution < 1.29 is 0 Å². The van der Waals surface area contributed by atoms with Gasteiger partial charge in [-0.25, -0.2) is 4.98 Å². The third-order valence-electron chi connectivity index (χ3n) is 4.23. The molecule has 0 atom stereocenters. The third-order valence-corrected chi connectivity index (χ3v) is 4.23. The second kappa shape index (κ2) is 6.69. The summed E-state index contributed by atoms with van der Waals surface area (Å²) in [4.78, 5) is 21.2. The van der Waals surface area contributed by atoms with Crippen LogP contribution in [0.5, 0.6) is 0 Å². The Morgan fingerprint density at radius 3 is 2.32 bits per heavy atom. The molecule has 0 bridgehead atoms. The SMILES string of the molecule is O=c1nc(-c2ccccc2)n(CCc2ccccc2)c2ncccc12. The zero-order chi connectivity index (χ0) is 17.1. The van der Waals surface area contributed by atoms with E-state index in [4.69, 9.17) is 0 Å². The van der Waals surface area contributed by atoms with Gasteiger partial charge in [0, 0.05) is 18.3 Å². The molecule has 2 aromatic heterocycles. The summed E-state index contributed by atoms with van der Waals surface area (Å²) in [5.41, 5.74) is 2.60. The monoisotopic (exact) mass is 327 g/mol. The molecule has 0 spiro atoms. The number of hydrogen-bond donors (Lipinski definition) is 0. The number of aryl methyl sites for hydroxylation is 2. The van der Waals surface area contributed by atoms with Crippen LogP contribution in [-0.4, -0.2) is 14.5 Å². The van der Waals surface area contributed by atoms with Crippen LogP contribution in [0.4, 0.5) is 0 Å². The standard InChI is InChI=1S/C21H17N3O/c25-21-18-12-7-14-22-20(18)24(15-13-16-8-3-1-4-9-16)19(23-21)17-10-5-2-6-11-17/h1-12,14H,13,15H2. The Morgan fingerprint density at radius 2 is 1.56 bits per heavy atom. The van der Waals surface area contributed by atoms with E-state index in [1.54, 1.807) is 18.3 Å². The minimum atomic E-state index is -0.238. The van der Waals surface area contributed by atoms with Gasteiger partial charge in [-0.1, -0.05) is 60.7 Å². The predicted octanol–water partition coefficient (Wildman–Crippen LogP) is 3.70. The van der Waals surface area contributed by atoms with Gasteiger partial charge in [-0.2, -0.15) is 4.98 Å². The Hall–Kier alpha value is -3.27. The molecule has 2 heterocycles. The van der Waals surface area contributed by atoms with E-state index in [0.717, 1.165) is 12.0 Å². The summed E-state index contributed by atoms with van der Waals surface area (Å²) < 4.78 is 2.04. The van der Waals surface area contributed by atoms with Crippen molar-refractivity contribution in [3.8, 4) is 11.4 Å². The number of benzene rings is 2. The van der Waals surface area contributed by atoms with Crippen molar-refractivity contribution in [2.24, 2.45) is 0 Å². The maximum absolute atomic E-state index is 12.4. The number of fused-ring (bicyclic) bond motifs is 1. The Bertz CT molecular complexity index is 1060. The highest BCUT2D eigenvalue weighted by Gasteiger charge is 2.13. The fourth-order valence-corrected chi connectivity index (χ4v) is 3.00. The molecule has 0 aliphatic heterocycles. The van der Waals surface area contributed by atoms with E-state index in [1.807, 2.05) is 53.1 Å². The van der Waals surface area contributed by atoms with Crippen molar-refractivity contribution in [3.05, 3.63) is 94.9 Å². The quantitative estimate of drug-likeness (QED) is 0.574. The number of nitrogens with zero attached hydrogens (tertiary/aromatic N) is 3. The molecule has 25 heavy (non-hydrogen) atoms. The van der Waals surface area contributed by atoms with E-state index in [2.05, 4.69) is 22.1 Å². The highest BCUT2D eigenvalue weighted by Crippen LogP contribution is 2.20. The molecule has 0 N–H and O–H groups in total. The zero-order valence-electron chi connectivity index (χ0n) is 13.7. The molecule has 0 unspecified atom stereocenters. The molecular formula is C21H17N3O. The fraction of sp³-hybridized carbons (Fsp3) is 0.0952. The van der Waals surface area contributed by atoms with Crippen LogP contribution < -0.4 is 5.56 Å². The maximum Gasteiger partial charge on any atom is 0.282 e. The molecule has 0 saturated heterocycles. The summed E-state index contributed by atoms with van der Waals surface area (Å²) in [5.74, 6) is 0.660. The Balaban J connectivity index is 1.87. The molecule has 4 nitrogen and oxygen atoms in total. The summed E-state index contributed by atoms with van der Waals surface area (Å²) in [6.45, 7) is 0.703. The van der Waals surface area contributed by atoms with E-state index >= 15 is 0 Å². The highest BCUT2D eigenvalue weighted by atomic mass is 16.1. The largest absolute Gasteiger partial charge is 0.309 e. The summed E-state index contributed by atoms with van der Waals surface area (Å²) in [5, 5.41) is 0.551. The normalized spacial score (nSPS) is 10.9. The summed E-state index contributed by atoms with van der Waals surface area (Å²) >= 11 is 0. The molecule has 2 aromatic carbocycles. The Morgan fingerprint density at radius 1 is 0.840 bits per heavy atom. The lowest BCUT2D eigenvalue weighted by Gasteiger charge is -2.15. The van der Waals surface area contributed by atoms with Gasteiger partial charge in [0.05, 0.1) is 5.39 Å². The van der Waals surface area contributed by atoms with E-state index in [9.17, 15) is 4.79 Å². The van der Waals surface area contributed by atoms with Gasteiger partial charge in [-0.15, -0.1) is 0 Å². The van der Waals surface area contributed by atoms with E-state index < -0.39 is 0 Å². The summed E-state index contributed by atoms with van der Waals surface area (Å²) in [6, 6.07) is 23.6. The third kappa shape index (κ3) is 3.06. The number of rotatable bonds is 4. The van der Waals surface area contributed by atoms with Gasteiger partial charge < -0.3 is 4.57 Å². The van der Waals surface area contributed by atoms with Crippen LogP contribution in [0, 0.1) is 0 Å². The van der Waals surface area contributed by atoms with Gasteiger partial charge in [0.2, 0.25) is 0 Å². The first-order chi connectivity index (χ1) is 12.3. The van der Waals surface area contributed by atoms with Gasteiger partial charge >= 0.3 is 0 Å². The van der Waals surface area contributed by atoms with Crippen molar-refractivity contribution in [2.45, 2.75) is 13.0 Å². The van der Waals surface area contributed by atoms with Crippen molar-refractivity contribution in [1.82, 2.24) is 14.5 Å². The maximum atomic E-state index is 12.4. The first-order valence-electron chi connectivity index (χ1n) is 8.28. The average molecular weight is 327 g/mol.